The van der Waals surface area contributed by atoms with E-state index in [2.05, 4.69) is 4.98 Å². The van der Waals surface area contributed by atoms with Crippen LogP contribution in [0.4, 0.5) is 10.2 Å². The number of halogens is 2. The number of nitrogens with zero attached hydrogens (tertiary/aromatic N) is 1. The third-order valence-electron chi connectivity index (χ3n) is 1.69. The Morgan fingerprint density at radius 1 is 1.54 bits per heavy atom. The van der Waals surface area contributed by atoms with E-state index in [1.165, 1.54) is 0 Å². The number of alkyl halides is 1. The smallest absolute Gasteiger partial charge is 0.128 e. The summed E-state index contributed by atoms with van der Waals surface area (Å²) < 4.78 is 11.9. The first-order valence-corrected chi connectivity index (χ1v) is 3.77. The van der Waals surface area contributed by atoms with Crippen LogP contribution in [-0.2, 0) is 0 Å². The Hall–Kier alpha value is -0.870. The molecule has 0 radical (unpaired) electrons. The van der Waals surface area contributed by atoms with E-state index in [0.29, 0.717) is 5.82 Å². The summed E-state index contributed by atoms with van der Waals surface area (Å²) in [6.45, 7) is -0.435. The van der Waals surface area contributed by atoms with Crippen LogP contribution in [0, 0.1) is 0 Å². The van der Waals surface area contributed by atoms with Crippen LogP contribution in [0.15, 0.2) is 18.3 Å². The molecule has 74 valence electrons. The van der Waals surface area contributed by atoms with Crippen molar-refractivity contribution < 1.29 is 4.39 Å². The van der Waals surface area contributed by atoms with Crippen LogP contribution in [-0.4, -0.2) is 11.7 Å². The fourth-order valence-corrected chi connectivity index (χ4v) is 1.02. The molecule has 0 amide bonds. The molecule has 0 fully saturated rings. The van der Waals surface area contributed by atoms with Crippen molar-refractivity contribution in [3.05, 3.63) is 23.9 Å². The number of anilines is 1. The van der Waals surface area contributed by atoms with Crippen LogP contribution in [0.5, 0.6) is 0 Å². The Bertz CT molecular complexity index is 257. The predicted molar refractivity (Wildman–Crippen MR) is 53.4 cm³/mol. The SMILES string of the molecule is Cl.Nc1ncccc1[C@@H](N)CCF. The van der Waals surface area contributed by atoms with Crippen molar-refractivity contribution in [2.24, 2.45) is 5.73 Å². The van der Waals surface area contributed by atoms with Gasteiger partial charge in [-0.1, -0.05) is 6.07 Å². The van der Waals surface area contributed by atoms with Crippen molar-refractivity contribution in [3.63, 3.8) is 0 Å². The second-order valence-corrected chi connectivity index (χ2v) is 2.56. The second kappa shape index (κ2) is 5.72. The lowest BCUT2D eigenvalue weighted by atomic mass is 10.1. The number of pyridine rings is 1. The van der Waals surface area contributed by atoms with E-state index in [0.717, 1.165) is 5.56 Å². The fourth-order valence-electron chi connectivity index (χ4n) is 1.02. The molecule has 5 heteroatoms. The fraction of sp³-hybridized carbons (Fsp3) is 0.375. The number of hydrogen-bond acceptors (Lipinski definition) is 3. The van der Waals surface area contributed by atoms with Crippen LogP contribution in [0.1, 0.15) is 18.0 Å². The van der Waals surface area contributed by atoms with Gasteiger partial charge in [0.15, 0.2) is 0 Å². The average molecular weight is 206 g/mol. The molecule has 1 aromatic heterocycles. The lowest BCUT2D eigenvalue weighted by Gasteiger charge is -2.10. The highest BCUT2D eigenvalue weighted by atomic mass is 35.5. The summed E-state index contributed by atoms with van der Waals surface area (Å²) in [5.74, 6) is 0.387. The average Bonchev–Trinajstić information content (AvgIpc) is 2.05. The molecule has 0 aliphatic rings. The molecule has 0 aliphatic carbocycles. The maximum atomic E-state index is 11.9. The van der Waals surface area contributed by atoms with Gasteiger partial charge in [-0.15, -0.1) is 12.4 Å². The Balaban J connectivity index is 0.00000144. The normalized spacial score (nSPS) is 11.8. The summed E-state index contributed by atoms with van der Waals surface area (Å²) in [6, 6.07) is 3.16. The Labute approximate surface area is 82.7 Å². The van der Waals surface area contributed by atoms with Crippen LogP contribution in [0.25, 0.3) is 0 Å². The molecule has 0 saturated carbocycles. The molecule has 0 spiro atoms. The Kier molecular flexibility index (Phi) is 5.34. The van der Waals surface area contributed by atoms with Gasteiger partial charge in [-0.2, -0.15) is 0 Å². The van der Waals surface area contributed by atoms with E-state index in [4.69, 9.17) is 11.5 Å². The van der Waals surface area contributed by atoms with E-state index >= 15 is 0 Å². The molecule has 1 heterocycles. The highest BCUT2D eigenvalue weighted by molar-refractivity contribution is 5.85. The summed E-state index contributed by atoms with van der Waals surface area (Å²) in [6.07, 6.45) is 1.87. The van der Waals surface area contributed by atoms with Gasteiger partial charge in [0.25, 0.3) is 0 Å². The van der Waals surface area contributed by atoms with Crippen LogP contribution in [0.2, 0.25) is 0 Å². The molecule has 0 saturated heterocycles. The number of aromatic nitrogens is 1. The number of rotatable bonds is 3. The molecule has 0 aliphatic heterocycles. The highest BCUT2D eigenvalue weighted by Gasteiger charge is 2.08. The standard InChI is InChI=1S/C8H12FN3.ClH/c9-4-3-7(10)6-2-1-5-12-8(6)11;/h1-2,5,7H,3-4,10H2,(H2,11,12);1H/t7-;/m0./s1. The first kappa shape index (κ1) is 12.1. The van der Waals surface area contributed by atoms with Crippen molar-refractivity contribution in [1.29, 1.82) is 0 Å². The summed E-state index contributed by atoms with van der Waals surface area (Å²) in [5, 5.41) is 0. The topological polar surface area (TPSA) is 64.9 Å². The zero-order valence-electron chi connectivity index (χ0n) is 7.11. The zero-order chi connectivity index (χ0) is 8.97. The summed E-state index contributed by atoms with van der Waals surface area (Å²) in [5.41, 5.74) is 11.9. The summed E-state index contributed by atoms with van der Waals surface area (Å²) in [7, 11) is 0. The Morgan fingerprint density at radius 3 is 2.77 bits per heavy atom. The summed E-state index contributed by atoms with van der Waals surface area (Å²) >= 11 is 0. The van der Waals surface area contributed by atoms with Gasteiger partial charge in [-0.3, -0.25) is 4.39 Å². The van der Waals surface area contributed by atoms with Crippen molar-refractivity contribution in [2.45, 2.75) is 12.5 Å². The largest absolute Gasteiger partial charge is 0.383 e. The quantitative estimate of drug-likeness (QED) is 0.785. The van der Waals surface area contributed by atoms with Gasteiger partial charge in [-0.05, 0) is 12.5 Å². The molecule has 0 bridgehead atoms. The zero-order valence-corrected chi connectivity index (χ0v) is 7.93. The van der Waals surface area contributed by atoms with E-state index in [9.17, 15) is 4.39 Å². The van der Waals surface area contributed by atoms with Crippen LogP contribution < -0.4 is 11.5 Å². The molecule has 1 atom stereocenters. The first-order chi connectivity index (χ1) is 5.75. The molecule has 13 heavy (non-hydrogen) atoms. The van der Waals surface area contributed by atoms with Gasteiger partial charge in [0, 0.05) is 17.8 Å². The minimum Gasteiger partial charge on any atom is -0.383 e. The molecule has 1 aromatic rings. The maximum Gasteiger partial charge on any atom is 0.128 e. The second-order valence-electron chi connectivity index (χ2n) is 2.56. The van der Waals surface area contributed by atoms with Crippen molar-refractivity contribution in [3.8, 4) is 0 Å². The van der Waals surface area contributed by atoms with Crippen LogP contribution in [0.3, 0.4) is 0 Å². The minimum atomic E-state index is -0.435. The monoisotopic (exact) mass is 205 g/mol. The van der Waals surface area contributed by atoms with E-state index < -0.39 is 6.67 Å². The van der Waals surface area contributed by atoms with Crippen molar-refractivity contribution in [1.82, 2.24) is 4.98 Å². The van der Waals surface area contributed by atoms with Crippen LogP contribution >= 0.6 is 12.4 Å². The lowest BCUT2D eigenvalue weighted by molar-refractivity contribution is 0.442. The van der Waals surface area contributed by atoms with Gasteiger partial charge in [0.1, 0.15) is 5.82 Å². The molecule has 4 N–H and O–H groups in total. The number of hydrogen-bond donors (Lipinski definition) is 2. The molecular formula is C8H13ClFN3. The molecule has 0 aromatic carbocycles. The first-order valence-electron chi connectivity index (χ1n) is 3.77. The van der Waals surface area contributed by atoms with Crippen molar-refractivity contribution in [2.75, 3.05) is 12.4 Å². The lowest BCUT2D eigenvalue weighted by Crippen LogP contribution is -2.13. The predicted octanol–water partition coefficient (Wildman–Crippen LogP) is 1.45. The minimum absolute atomic E-state index is 0. The molecule has 1 rings (SSSR count). The van der Waals surface area contributed by atoms with Gasteiger partial charge in [0.2, 0.25) is 0 Å². The third-order valence-corrected chi connectivity index (χ3v) is 1.69. The number of nitrogen functional groups attached to an aromatic ring is 1. The number of nitrogens with two attached hydrogens (primary N) is 2. The molecule has 0 unspecified atom stereocenters. The van der Waals surface area contributed by atoms with E-state index in [1.54, 1.807) is 18.3 Å². The van der Waals surface area contributed by atoms with Gasteiger partial charge in [-0.25, -0.2) is 4.98 Å². The van der Waals surface area contributed by atoms with Gasteiger partial charge in [0.05, 0.1) is 6.67 Å². The summed E-state index contributed by atoms with van der Waals surface area (Å²) in [4.78, 5) is 3.86. The highest BCUT2D eigenvalue weighted by Crippen LogP contribution is 2.18. The maximum absolute atomic E-state index is 11.9. The van der Waals surface area contributed by atoms with E-state index in [1.807, 2.05) is 0 Å². The van der Waals surface area contributed by atoms with Gasteiger partial charge < -0.3 is 11.5 Å². The van der Waals surface area contributed by atoms with Gasteiger partial charge >= 0.3 is 0 Å². The van der Waals surface area contributed by atoms with E-state index in [-0.39, 0.29) is 24.9 Å². The molecule has 3 nitrogen and oxygen atoms in total. The third kappa shape index (κ3) is 3.16. The Morgan fingerprint density at radius 2 is 2.23 bits per heavy atom. The molecular weight excluding hydrogens is 193 g/mol. The van der Waals surface area contributed by atoms with Crippen molar-refractivity contribution >= 4 is 18.2 Å².